The van der Waals surface area contributed by atoms with Crippen molar-refractivity contribution >= 4 is 0 Å². The summed E-state index contributed by atoms with van der Waals surface area (Å²) in [7, 11) is 0.988. The molecule has 0 radical (unpaired) electrons. The van der Waals surface area contributed by atoms with Gasteiger partial charge in [-0.1, -0.05) is 0 Å². The molecule has 0 bridgehead atoms. The summed E-state index contributed by atoms with van der Waals surface area (Å²) < 4.78 is 67.4. The summed E-state index contributed by atoms with van der Waals surface area (Å²) in [5.41, 5.74) is 2.30. The monoisotopic (exact) mass is 256 g/mol. The number of rotatable bonds is 3. The third kappa shape index (κ3) is 2.63. The van der Waals surface area contributed by atoms with Gasteiger partial charge in [-0.05, 0) is 0 Å². The van der Waals surface area contributed by atoms with Crippen LogP contribution in [0.5, 0.6) is 5.75 Å². The van der Waals surface area contributed by atoms with Crippen LogP contribution in [-0.2, 0) is 12.7 Å². The molecule has 0 saturated heterocycles. The number of nitrogens with zero attached hydrogens (tertiary/aromatic N) is 1. The molecule has 96 valence electrons. The minimum atomic E-state index is -4.92. The van der Waals surface area contributed by atoms with E-state index in [4.69, 9.17) is 5.73 Å². The van der Waals surface area contributed by atoms with E-state index in [2.05, 4.69) is 9.72 Å². The lowest BCUT2D eigenvalue weighted by Gasteiger charge is -2.17. The van der Waals surface area contributed by atoms with Crippen LogP contribution in [0, 0.1) is 0 Å². The smallest absolute Gasteiger partial charge is 0.418 e. The van der Waals surface area contributed by atoms with Crippen molar-refractivity contribution in [3.05, 3.63) is 23.0 Å². The SMILES string of the molecule is COc1c(CN)ncc(C(F)(F)F)c1C(F)F. The second kappa shape index (κ2) is 4.82. The fourth-order valence-corrected chi connectivity index (χ4v) is 1.36. The van der Waals surface area contributed by atoms with Crippen molar-refractivity contribution in [1.82, 2.24) is 4.98 Å². The first-order valence-electron chi connectivity index (χ1n) is 4.44. The molecule has 0 aliphatic rings. The van der Waals surface area contributed by atoms with Gasteiger partial charge in [-0.2, -0.15) is 13.2 Å². The molecule has 8 heteroatoms. The molecule has 0 aromatic carbocycles. The van der Waals surface area contributed by atoms with Crippen molar-refractivity contribution in [3.63, 3.8) is 0 Å². The van der Waals surface area contributed by atoms with Crippen LogP contribution in [0.25, 0.3) is 0 Å². The quantitative estimate of drug-likeness (QED) is 0.845. The Labute approximate surface area is 93.4 Å². The average molecular weight is 256 g/mol. The number of pyridine rings is 1. The van der Waals surface area contributed by atoms with E-state index in [9.17, 15) is 22.0 Å². The van der Waals surface area contributed by atoms with Crippen LogP contribution in [0.4, 0.5) is 22.0 Å². The number of ether oxygens (including phenoxy) is 1. The molecular weight excluding hydrogens is 247 g/mol. The predicted octanol–water partition coefficient (Wildman–Crippen LogP) is 2.51. The van der Waals surface area contributed by atoms with Gasteiger partial charge in [-0.25, -0.2) is 8.78 Å². The Morgan fingerprint density at radius 2 is 2.00 bits per heavy atom. The Bertz CT molecular complexity index is 405. The standard InChI is InChI=1S/C9H9F5N2O/c1-17-7-5(2-15)16-3-4(9(12,13)14)6(7)8(10)11/h3,8H,2,15H2,1H3. The van der Waals surface area contributed by atoms with E-state index < -0.39 is 29.5 Å². The first-order valence-corrected chi connectivity index (χ1v) is 4.44. The zero-order chi connectivity index (χ0) is 13.2. The van der Waals surface area contributed by atoms with Crippen LogP contribution >= 0.6 is 0 Å². The summed E-state index contributed by atoms with van der Waals surface area (Å²) in [6.45, 7) is -0.291. The van der Waals surface area contributed by atoms with Crippen molar-refractivity contribution in [2.45, 2.75) is 19.1 Å². The number of methoxy groups -OCH3 is 1. The number of halogens is 5. The highest BCUT2D eigenvalue weighted by molar-refractivity contribution is 5.44. The van der Waals surface area contributed by atoms with Gasteiger partial charge in [0.15, 0.2) is 5.75 Å². The van der Waals surface area contributed by atoms with Crippen LogP contribution in [0.1, 0.15) is 23.2 Å². The highest BCUT2D eigenvalue weighted by Gasteiger charge is 2.38. The Kier molecular flexibility index (Phi) is 3.87. The van der Waals surface area contributed by atoms with E-state index in [0.717, 1.165) is 7.11 Å². The molecule has 3 nitrogen and oxygen atoms in total. The Hall–Kier alpha value is -1.44. The van der Waals surface area contributed by atoms with E-state index in [1.807, 2.05) is 0 Å². The van der Waals surface area contributed by atoms with Crippen LogP contribution in [0.3, 0.4) is 0 Å². The summed E-state index contributed by atoms with van der Waals surface area (Å²) >= 11 is 0. The van der Waals surface area contributed by atoms with Crippen LogP contribution in [-0.4, -0.2) is 12.1 Å². The first-order chi connectivity index (χ1) is 7.82. The third-order valence-corrected chi connectivity index (χ3v) is 2.07. The average Bonchev–Trinajstić information content (AvgIpc) is 2.25. The molecule has 0 fully saturated rings. The second-order valence-corrected chi connectivity index (χ2v) is 3.07. The molecule has 0 unspecified atom stereocenters. The van der Waals surface area contributed by atoms with Gasteiger partial charge in [0.1, 0.15) is 0 Å². The lowest BCUT2D eigenvalue weighted by atomic mass is 10.1. The van der Waals surface area contributed by atoms with Gasteiger partial charge in [-0.3, -0.25) is 4.98 Å². The molecule has 0 atom stereocenters. The lowest BCUT2D eigenvalue weighted by molar-refractivity contribution is -0.140. The minimum absolute atomic E-state index is 0.143. The third-order valence-electron chi connectivity index (χ3n) is 2.07. The van der Waals surface area contributed by atoms with E-state index in [-0.39, 0.29) is 12.2 Å². The number of hydrogen-bond acceptors (Lipinski definition) is 3. The molecule has 1 heterocycles. The zero-order valence-electron chi connectivity index (χ0n) is 8.68. The van der Waals surface area contributed by atoms with Crippen molar-refractivity contribution in [1.29, 1.82) is 0 Å². The summed E-state index contributed by atoms with van der Waals surface area (Å²) in [6.07, 6.45) is -7.90. The Balaban J connectivity index is 3.54. The van der Waals surface area contributed by atoms with Crippen molar-refractivity contribution < 1.29 is 26.7 Å². The summed E-state index contributed by atoms with van der Waals surface area (Å²) in [4.78, 5) is 3.37. The Morgan fingerprint density at radius 3 is 2.35 bits per heavy atom. The van der Waals surface area contributed by atoms with E-state index in [0.29, 0.717) is 6.20 Å². The van der Waals surface area contributed by atoms with Crippen molar-refractivity contribution in [2.24, 2.45) is 5.73 Å². The molecule has 0 aliphatic carbocycles. The first kappa shape index (κ1) is 13.6. The molecule has 0 amide bonds. The zero-order valence-corrected chi connectivity index (χ0v) is 8.68. The topological polar surface area (TPSA) is 48.1 Å². The molecule has 1 rings (SSSR count). The summed E-state index contributed by atoms with van der Waals surface area (Å²) in [6, 6.07) is 0. The van der Waals surface area contributed by atoms with Gasteiger partial charge < -0.3 is 10.5 Å². The van der Waals surface area contributed by atoms with E-state index >= 15 is 0 Å². The van der Waals surface area contributed by atoms with Crippen LogP contribution in [0.2, 0.25) is 0 Å². The van der Waals surface area contributed by atoms with E-state index in [1.54, 1.807) is 0 Å². The maximum absolute atomic E-state index is 12.7. The molecule has 2 N–H and O–H groups in total. The highest BCUT2D eigenvalue weighted by atomic mass is 19.4. The molecule has 17 heavy (non-hydrogen) atoms. The molecular formula is C9H9F5N2O. The molecule has 0 aliphatic heterocycles. The van der Waals surface area contributed by atoms with Crippen molar-refractivity contribution in [3.8, 4) is 5.75 Å². The maximum Gasteiger partial charge on any atom is 0.418 e. The summed E-state index contributed by atoms with van der Waals surface area (Å²) in [5.74, 6) is -0.614. The highest BCUT2D eigenvalue weighted by Crippen LogP contribution is 2.41. The number of hydrogen-bond donors (Lipinski definition) is 1. The minimum Gasteiger partial charge on any atom is -0.494 e. The van der Waals surface area contributed by atoms with E-state index in [1.165, 1.54) is 0 Å². The van der Waals surface area contributed by atoms with Gasteiger partial charge in [0.05, 0.1) is 23.9 Å². The number of nitrogens with two attached hydrogens (primary N) is 1. The second-order valence-electron chi connectivity index (χ2n) is 3.07. The van der Waals surface area contributed by atoms with Crippen LogP contribution < -0.4 is 10.5 Å². The molecule has 1 aromatic rings. The van der Waals surface area contributed by atoms with Gasteiger partial charge in [0, 0.05) is 12.7 Å². The van der Waals surface area contributed by atoms with Crippen molar-refractivity contribution in [2.75, 3.05) is 7.11 Å². The lowest BCUT2D eigenvalue weighted by Crippen LogP contribution is -2.14. The molecule has 1 aromatic heterocycles. The van der Waals surface area contributed by atoms with Gasteiger partial charge in [0.25, 0.3) is 6.43 Å². The van der Waals surface area contributed by atoms with Gasteiger partial charge >= 0.3 is 6.18 Å². The Morgan fingerprint density at radius 1 is 1.41 bits per heavy atom. The predicted molar refractivity (Wildman–Crippen MR) is 48.6 cm³/mol. The van der Waals surface area contributed by atoms with Gasteiger partial charge in [-0.15, -0.1) is 0 Å². The number of alkyl halides is 5. The fraction of sp³-hybridized carbons (Fsp3) is 0.444. The largest absolute Gasteiger partial charge is 0.494 e. The van der Waals surface area contributed by atoms with Gasteiger partial charge in [0.2, 0.25) is 0 Å². The maximum atomic E-state index is 12.7. The molecule has 0 spiro atoms. The summed E-state index contributed by atoms with van der Waals surface area (Å²) in [5, 5.41) is 0. The molecule has 0 saturated carbocycles. The normalized spacial score (nSPS) is 12.0. The number of aromatic nitrogens is 1. The van der Waals surface area contributed by atoms with Crippen LogP contribution in [0.15, 0.2) is 6.20 Å². The fourth-order valence-electron chi connectivity index (χ4n) is 1.36.